The Labute approximate surface area is 94.5 Å². The quantitative estimate of drug-likeness (QED) is 0.844. The van der Waals surface area contributed by atoms with Crippen molar-refractivity contribution in [1.29, 1.82) is 0 Å². The Kier molecular flexibility index (Phi) is 3.31. The van der Waals surface area contributed by atoms with Crippen LogP contribution in [0.2, 0.25) is 0 Å². The lowest BCUT2D eigenvalue weighted by Gasteiger charge is -2.02. The third kappa shape index (κ3) is 2.28. The molecule has 2 rings (SSSR count). The first-order valence-electron chi connectivity index (χ1n) is 5.39. The summed E-state index contributed by atoms with van der Waals surface area (Å²) in [5.74, 6) is 0. The number of aliphatic hydroxyl groups excluding tert-OH is 1. The minimum atomic E-state index is 0.192. The van der Waals surface area contributed by atoms with Crippen LogP contribution in [0.5, 0.6) is 0 Å². The molecule has 1 aromatic heterocycles. The molecule has 0 fully saturated rings. The fraction of sp³-hybridized carbons (Fsp3) is 0.333. The highest BCUT2D eigenvalue weighted by Gasteiger charge is 2.04. The van der Waals surface area contributed by atoms with Crippen molar-refractivity contribution in [3.63, 3.8) is 0 Å². The SMILES string of the molecule is Cc1ccccc1-n1cc(CCCO)nn1. The van der Waals surface area contributed by atoms with Crippen molar-refractivity contribution in [2.75, 3.05) is 6.61 Å². The molecule has 2 aromatic rings. The highest BCUT2D eigenvalue weighted by molar-refractivity contribution is 5.38. The van der Waals surface area contributed by atoms with Crippen molar-refractivity contribution in [1.82, 2.24) is 15.0 Å². The number of aryl methyl sites for hydroxylation is 2. The van der Waals surface area contributed by atoms with Crippen molar-refractivity contribution in [2.24, 2.45) is 0 Å². The summed E-state index contributed by atoms with van der Waals surface area (Å²) in [5, 5.41) is 16.9. The maximum absolute atomic E-state index is 8.74. The summed E-state index contributed by atoms with van der Waals surface area (Å²) in [7, 11) is 0. The topological polar surface area (TPSA) is 50.9 Å². The predicted molar refractivity (Wildman–Crippen MR) is 61.5 cm³/mol. The molecular formula is C12H15N3O. The zero-order valence-corrected chi connectivity index (χ0v) is 9.30. The van der Waals surface area contributed by atoms with Crippen LogP contribution in [-0.4, -0.2) is 26.7 Å². The van der Waals surface area contributed by atoms with Gasteiger partial charge in [0.15, 0.2) is 0 Å². The van der Waals surface area contributed by atoms with Crippen molar-refractivity contribution in [3.8, 4) is 5.69 Å². The molecule has 0 aliphatic rings. The number of para-hydroxylation sites is 1. The first kappa shape index (κ1) is 10.8. The summed E-state index contributed by atoms with van der Waals surface area (Å²) in [6.45, 7) is 2.24. The first-order chi connectivity index (χ1) is 7.81. The molecule has 84 valence electrons. The molecule has 4 nitrogen and oxygen atoms in total. The van der Waals surface area contributed by atoms with Crippen LogP contribution in [0.4, 0.5) is 0 Å². The van der Waals surface area contributed by atoms with Crippen LogP contribution < -0.4 is 0 Å². The van der Waals surface area contributed by atoms with Crippen LogP contribution in [-0.2, 0) is 6.42 Å². The third-order valence-corrected chi connectivity index (χ3v) is 2.49. The van der Waals surface area contributed by atoms with E-state index in [1.54, 1.807) is 4.68 Å². The summed E-state index contributed by atoms with van der Waals surface area (Å²) < 4.78 is 1.78. The Bertz CT molecular complexity index is 465. The normalized spacial score (nSPS) is 10.6. The third-order valence-electron chi connectivity index (χ3n) is 2.49. The molecule has 0 aliphatic carbocycles. The second kappa shape index (κ2) is 4.90. The van der Waals surface area contributed by atoms with Gasteiger partial charge in [0.2, 0.25) is 0 Å². The molecule has 0 amide bonds. The Morgan fingerprint density at radius 2 is 2.12 bits per heavy atom. The average molecular weight is 217 g/mol. The second-order valence-corrected chi connectivity index (χ2v) is 3.77. The first-order valence-corrected chi connectivity index (χ1v) is 5.39. The maximum Gasteiger partial charge on any atom is 0.0832 e. The molecule has 1 N–H and O–H groups in total. The number of hydrogen-bond acceptors (Lipinski definition) is 3. The van der Waals surface area contributed by atoms with Crippen LogP contribution in [0, 0.1) is 6.92 Å². The van der Waals surface area contributed by atoms with Gasteiger partial charge in [-0.15, -0.1) is 5.10 Å². The van der Waals surface area contributed by atoms with E-state index in [1.165, 1.54) is 5.56 Å². The average Bonchev–Trinajstić information content (AvgIpc) is 2.75. The van der Waals surface area contributed by atoms with Gasteiger partial charge in [0, 0.05) is 6.61 Å². The van der Waals surface area contributed by atoms with Gasteiger partial charge in [-0.3, -0.25) is 0 Å². The number of rotatable bonds is 4. The predicted octanol–water partition coefficient (Wildman–Crippen LogP) is 1.50. The zero-order chi connectivity index (χ0) is 11.4. The van der Waals surface area contributed by atoms with Gasteiger partial charge < -0.3 is 5.11 Å². The van der Waals surface area contributed by atoms with Crippen molar-refractivity contribution < 1.29 is 5.11 Å². The lowest BCUT2D eigenvalue weighted by Crippen LogP contribution is -1.97. The van der Waals surface area contributed by atoms with Gasteiger partial charge in [0.05, 0.1) is 17.6 Å². The van der Waals surface area contributed by atoms with Gasteiger partial charge in [0.25, 0.3) is 0 Å². The van der Waals surface area contributed by atoms with E-state index in [1.807, 2.05) is 37.4 Å². The van der Waals surface area contributed by atoms with Crippen molar-refractivity contribution in [2.45, 2.75) is 19.8 Å². The maximum atomic E-state index is 8.74. The Balaban J connectivity index is 2.22. The van der Waals surface area contributed by atoms with Crippen LogP contribution in [0.3, 0.4) is 0 Å². The molecule has 4 heteroatoms. The van der Waals surface area contributed by atoms with E-state index in [9.17, 15) is 0 Å². The fourth-order valence-electron chi connectivity index (χ4n) is 1.61. The Morgan fingerprint density at radius 3 is 2.88 bits per heavy atom. The van der Waals surface area contributed by atoms with Crippen LogP contribution in [0.1, 0.15) is 17.7 Å². The summed E-state index contributed by atoms with van der Waals surface area (Å²) in [6, 6.07) is 8.05. The van der Waals surface area contributed by atoms with Crippen LogP contribution in [0.15, 0.2) is 30.5 Å². The fourth-order valence-corrected chi connectivity index (χ4v) is 1.61. The highest BCUT2D eigenvalue weighted by Crippen LogP contribution is 2.12. The van der Waals surface area contributed by atoms with Gasteiger partial charge in [0.1, 0.15) is 0 Å². The van der Waals surface area contributed by atoms with E-state index in [0.29, 0.717) is 0 Å². The summed E-state index contributed by atoms with van der Waals surface area (Å²) in [4.78, 5) is 0. The molecule has 0 saturated heterocycles. The molecule has 16 heavy (non-hydrogen) atoms. The van der Waals surface area contributed by atoms with Gasteiger partial charge >= 0.3 is 0 Å². The van der Waals surface area contributed by atoms with Gasteiger partial charge in [-0.05, 0) is 31.4 Å². The number of nitrogens with zero attached hydrogens (tertiary/aromatic N) is 3. The molecule has 0 unspecified atom stereocenters. The number of hydrogen-bond donors (Lipinski definition) is 1. The van der Waals surface area contributed by atoms with E-state index < -0.39 is 0 Å². The molecule has 0 spiro atoms. The van der Waals surface area contributed by atoms with Crippen LogP contribution in [0.25, 0.3) is 5.69 Å². The molecule has 0 bridgehead atoms. The highest BCUT2D eigenvalue weighted by atomic mass is 16.2. The Hall–Kier alpha value is -1.68. The smallest absolute Gasteiger partial charge is 0.0832 e. The van der Waals surface area contributed by atoms with E-state index in [4.69, 9.17) is 5.11 Å². The standard InChI is InChI=1S/C12H15N3O/c1-10-5-2-3-7-12(10)15-9-11(13-14-15)6-4-8-16/h2-3,5,7,9,16H,4,6,8H2,1H3. The number of aromatic nitrogens is 3. The van der Waals surface area contributed by atoms with Gasteiger partial charge in [-0.1, -0.05) is 23.4 Å². The summed E-state index contributed by atoms with van der Waals surface area (Å²) in [5.41, 5.74) is 3.13. The van der Waals surface area contributed by atoms with Crippen LogP contribution >= 0.6 is 0 Å². The van der Waals surface area contributed by atoms with Crippen molar-refractivity contribution in [3.05, 3.63) is 41.7 Å². The van der Waals surface area contributed by atoms with E-state index in [0.717, 1.165) is 24.2 Å². The largest absolute Gasteiger partial charge is 0.396 e. The molecule has 0 radical (unpaired) electrons. The van der Waals surface area contributed by atoms with Gasteiger partial charge in [-0.25, -0.2) is 4.68 Å². The van der Waals surface area contributed by atoms with Gasteiger partial charge in [-0.2, -0.15) is 0 Å². The lowest BCUT2D eigenvalue weighted by atomic mass is 10.2. The summed E-state index contributed by atoms with van der Waals surface area (Å²) >= 11 is 0. The molecule has 0 aliphatic heterocycles. The summed E-state index contributed by atoms with van der Waals surface area (Å²) in [6.07, 6.45) is 3.41. The minimum absolute atomic E-state index is 0.192. The lowest BCUT2D eigenvalue weighted by molar-refractivity contribution is 0.288. The second-order valence-electron chi connectivity index (χ2n) is 3.77. The molecule has 0 atom stereocenters. The minimum Gasteiger partial charge on any atom is -0.396 e. The Morgan fingerprint density at radius 1 is 1.31 bits per heavy atom. The van der Waals surface area contributed by atoms with E-state index in [2.05, 4.69) is 10.3 Å². The molecule has 1 aromatic carbocycles. The number of benzene rings is 1. The van der Waals surface area contributed by atoms with E-state index >= 15 is 0 Å². The number of aliphatic hydroxyl groups is 1. The van der Waals surface area contributed by atoms with Crippen molar-refractivity contribution >= 4 is 0 Å². The molecule has 0 saturated carbocycles. The molecule has 1 heterocycles. The molecular weight excluding hydrogens is 202 g/mol. The zero-order valence-electron chi connectivity index (χ0n) is 9.30. The van der Waals surface area contributed by atoms with E-state index in [-0.39, 0.29) is 6.61 Å². The monoisotopic (exact) mass is 217 g/mol.